The Labute approximate surface area is 86.1 Å². The molecule has 0 unspecified atom stereocenters. The Kier molecular flexibility index (Phi) is 2.23. The Balaban J connectivity index is 2.30. The maximum Gasteiger partial charge on any atom is 0.343 e. The lowest BCUT2D eigenvalue weighted by Crippen LogP contribution is -2.37. The Hall–Kier alpha value is -2.14. The highest BCUT2D eigenvalue weighted by Crippen LogP contribution is 2.10. The number of hydrogen-bond acceptors (Lipinski definition) is 3. The van der Waals surface area contributed by atoms with Crippen molar-refractivity contribution in [3.8, 4) is 0 Å². The molecule has 76 valence electrons. The third kappa shape index (κ3) is 1.72. The maximum absolute atomic E-state index is 11.4. The molecule has 1 aliphatic rings. The standard InChI is InChI=1S/C10H9N3O2/c11-13-9(14)8(12-10(13)15)6-7-4-2-1-3-5-7/h1-6H,11H2,(H,12,15). The molecular weight excluding hydrogens is 194 g/mol. The van der Waals surface area contributed by atoms with E-state index in [0.29, 0.717) is 5.01 Å². The number of carbonyl (C=O) groups is 2. The second kappa shape index (κ2) is 3.55. The van der Waals surface area contributed by atoms with Gasteiger partial charge in [0.15, 0.2) is 0 Å². The molecule has 0 saturated carbocycles. The molecule has 1 aromatic carbocycles. The van der Waals surface area contributed by atoms with Gasteiger partial charge in [-0.2, -0.15) is 5.01 Å². The van der Waals surface area contributed by atoms with E-state index in [4.69, 9.17) is 5.84 Å². The molecule has 1 heterocycles. The van der Waals surface area contributed by atoms with Crippen LogP contribution in [0.1, 0.15) is 5.56 Å². The summed E-state index contributed by atoms with van der Waals surface area (Å²) in [5.74, 6) is 4.67. The number of hydrazine groups is 1. The maximum atomic E-state index is 11.4. The highest BCUT2D eigenvalue weighted by molar-refractivity contribution is 6.13. The van der Waals surface area contributed by atoms with Crippen LogP contribution in [0.2, 0.25) is 0 Å². The molecule has 0 bridgehead atoms. The van der Waals surface area contributed by atoms with Crippen LogP contribution in [-0.4, -0.2) is 16.9 Å². The van der Waals surface area contributed by atoms with Gasteiger partial charge in [-0.25, -0.2) is 10.6 Å². The van der Waals surface area contributed by atoms with Gasteiger partial charge in [-0.3, -0.25) is 4.79 Å². The van der Waals surface area contributed by atoms with Gasteiger partial charge in [-0.1, -0.05) is 30.3 Å². The molecule has 1 fully saturated rings. The monoisotopic (exact) mass is 203 g/mol. The molecule has 1 aliphatic heterocycles. The van der Waals surface area contributed by atoms with Crippen LogP contribution in [-0.2, 0) is 4.79 Å². The first-order valence-electron chi connectivity index (χ1n) is 4.35. The van der Waals surface area contributed by atoms with E-state index in [0.717, 1.165) is 5.56 Å². The van der Waals surface area contributed by atoms with Crippen molar-refractivity contribution >= 4 is 18.0 Å². The molecule has 0 aliphatic carbocycles. The summed E-state index contributed by atoms with van der Waals surface area (Å²) in [7, 11) is 0. The lowest BCUT2D eigenvalue weighted by atomic mass is 10.2. The van der Waals surface area contributed by atoms with Gasteiger partial charge in [0.1, 0.15) is 5.70 Å². The first-order valence-corrected chi connectivity index (χ1v) is 4.35. The predicted molar refractivity (Wildman–Crippen MR) is 54.0 cm³/mol. The molecule has 0 radical (unpaired) electrons. The van der Waals surface area contributed by atoms with Crippen LogP contribution in [0.15, 0.2) is 36.0 Å². The molecule has 5 nitrogen and oxygen atoms in total. The number of nitrogens with one attached hydrogen (secondary N) is 1. The zero-order valence-corrected chi connectivity index (χ0v) is 7.81. The van der Waals surface area contributed by atoms with Crippen LogP contribution in [0.4, 0.5) is 4.79 Å². The first-order chi connectivity index (χ1) is 7.18. The van der Waals surface area contributed by atoms with Crippen LogP contribution >= 0.6 is 0 Å². The normalized spacial score (nSPS) is 18.5. The second-order valence-electron chi connectivity index (χ2n) is 3.07. The predicted octanol–water partition coefficient (Wildman–Crippen LogP) is 0.453. The van der Waals surface area contributed by atoms with Gasteiger partial charge in [0, 0.05) is 0 Å². The van der Waals surface area contributed by atoms with Gasteiger partial charge in [-0.15, -0.1) is 0 Å². The number of urea groups is 1. The zero-order valence-electron chi connectivity index (χ0n) is 7.81. The van der Waals surface area contributed by atoms with Gasteiger partial charge < -0.3 is 5.32 Å². The van der Waals surface area contributed by atoms with Crippen LogP contribution < -0.4 is 11.2 Å². The van der Waals surface area contributed by atoms with Crippen molar-refractivity contribution in [2.24, 2.45) is 5.84 Å². The average Bonchev–Trinajstić information content (AvgIpc) is 2.48. The number of nitrogens with zero attached hydrogens (tertiary/aromatic N) is 1. The zero-order chi connectivity index (χ0) is 10.8. The third-order valence-electron chi connectivity index (χ3n) is 2.02. The van der Waals surface area contributed by atoms with Gasteiger partial charge in [0.2, 0.25) is 0 Å². The Morgan fingerprint density at radius 1 is 1.20 bits per heavy atom. The minimum absolute atomic E-state index is 0.189. The van der Waals surface area contributed by atoms with Crippen molar-refractivity contribution in [2.75, 3.05) is 0 Å². The summed E-state index contributed by atoms with van der Waals surface area (Å²) in [5, 5.41) is 2.93. The minimum Gasteiger partial charge on any atom is -0.301 e. The lowest BCUT2D eigenvalue weighted by Gasteiger charge is -1.99. The van der Waals surface area contributed by atoms with Crippen molar-refractivity contribution in [1.29, 1.82) is 0 Å². The number of rotatable bonds is 1. The first kappa shape index (κ1) is 9.42. The smallest absolute Gasteiger partial charge is 0.301 e. The largest absolute Gasteiger partial charge is 0.343 e. The minimum atomic E-state index is -0.609. The number of imide groups is 1. The fraction of sp³-hybridized carbons (Fsp3) is 0. The van der Waals surface area contributed by atoms with E-state index in [1.165, 1.54) is 0 Å². The summed E-state index contributed by atoms with van der Waals surface area (Å²) >= 11 is 0. The van der Waals surface area contributed by atoms with Crippen molar-refractivity contribution in [3.05, 3.63) is 41.6 Å². The molecule has 5 heteroatoms. The Morgan fingerprint density at radius 3 is 2.40 bits per heavy atom. The van der Waals surface area contributed by atoms with Crippen molar-refractivity contribution in [1.82, 2.24) is 10.3 Å². The average molecular weight is 203 g/mol. The van der Waals surface area contributed by atoms with Gasteiger partial charge in [-0.05, 0) is 11.6 Å². The molecule has 15 heavy (non-hydrogen) atoms. The quantitative estimate of drug-likeness (QED) is 0.301. The number of hydrogen-bond donors (Lipinski definition) is 2. The second-order valence-corrected chi connectivity index (χ2v) is 3.07. The third-order valence-corrected chi connectivity index (χ3v) is 2.02. The lowest BCUT2D eigenvalue weighted by molar-refractivity contribution is -0.123. The number of benzene rings is 1. The highest BCUT2D eigenvalue weighted by Gasteiger charge is 2.30. The van der Waals surface area contributed by atoms with Gasteiger partial charge in [0.05, 0.1) is 0 Å². The molecule has 0 aromatic heterocycles. The van der Waals surface area contributed by atoms with E-state index in [1.54, 1.807) is 6.08 Å². The summed E-state index contributed by atoms with van der Waals surface area (Å²) in [4.78, 5) is 22.4. The number of nitrogens with two attached hydrogens (primary N) is 1. The van der Waals surface area contributed by atoms with Crippen LogP contribution in [0.25, 0.3) is 6.08 Å². The molecule has 3 amide bonds. The van der Waals surface area contributed by atoms with Crippen molar-refractivity contribution in [3.63, 3.8) is 0 Å². The van der Waals surface area contributed by atoms with Crippen LogP contribution in [0.3, 0.4) is 0 Å². The summed E-state index contributed by atoms with van der Waals surface area (Å²) in [6.45, 7) is 0. The van der Waals surface area contributed by atoms with E-state index in [1.807, 2.05) is 30.3 Å². The number of carbonyl (C=O) groups excluding carboxylic acids is 2. The molecular formula is C10H9N3O2. The highest BCUT2D eigenvalue weighted by atomic mass is 16.2. The molecule has 1 aromatic rings. The van der Waals surface area contributed by atoms with Gasteiger partial charge >= 0.3 is 6.03 Å². The Morgan fingerprint density at radius 2 is 1.87 bits per heavy atom. The van der Waals surface area contributed by atoms with E-state index >= 15 is 0 Å². The summed E-state index contributed by atoms with van der Waals surface area (Å²) in [6, 6.07) is 8.59. The van der Waals surface area contributed by atoms with Crippen LogP contribution in [0, 0.1) is 0 Å². The summed E-state index contributed by atoms with van der Waals surface area (Å²) < 4.78 is 0. The van der Waals surface area contributed by atoms with E-state index in [-0.39, 0.29) is 5.70 Å². The van der Waals surface area contributed by atoms with Crippen molar-refractivity contribution in [2.45, 2.75) is 0 Å². The molecule has 1 saturated heterocycles. The van der Waals surface area contributed by atoms with Crippen molar-refractivity contribution < 1.29 is 9.59 Å². The Bertz CT molecular complexity index is 439. The van der Waals surface area contributed by atoms with Crippen LogP contribution in [0.5, 0.6) is 0 Å². The molecule has 3 N–H and O–H groups in total. The SMILES string of the molecule is NN1C(=O)NC(=Cc2ccccc2)C1=O. The number of amides is 3. The van der Waals surface area contributed by atoms with E-state index < -0.39 is 11.9 Å². The fourth-order valence-electron chi connectivity index (χ4n) is 1.26. The molecule has 0 spiro atoms. The molecule has 2 rings (SSSR count). The fourth-order valence-corrected chi connectivity index (χ4v) is 1.26. The molecule has 0 atom stereocenters. The summed E-state index contributed by atoms with van der Waals surface area (Å²) in [5.41, 5.74) is 1.02. The topological polar surface area (TPSA) is 75.4 Å². The van der Waals surface area contributed by atoms with E-state index in [2.05, 4.69) is 5.32 Å². The van der Waals surface area contributed by atoms with E-state index in [9.17, 15) is 9.59 Å². The van der Waals surface area contributed by atoms with Gasteiger partial charge in [0.25, 0.3) is 5.91 Å². The summed E-state index contributed by atoms with van der Waals surface area (Å²) in [6.07, 6.45) is 1.58.